The van der Waals surface area contributed by atoms with Crippen molar-refractivity contribution < 1.29 is 5.11 Å². The Morgan fingerprint density at radius 1 is 1.00 bits per heavy atom. The number of rotatable bonds is 9. The number of pyridine rings is 1. The summed E-state index contributed by atoms with van der Waals surface area (Å²) in [5, 5.41) is 13.8. The smallest absolute Gasteiger partial charge is 0.0629 e. The molecule has 2 aromatic carbocycles. The van der Waals surface area contributed by atoms with Crippen LogP contribution in [-0.4, -0.2) is 16.7 Å². The summed E-state index contributed by atoms with van der Waals surface area (Å²) < 4.78 is 0. The van der Waals surface area contributed by atoms with Gasteiger partial charge in [0.15, 0.2) is 0 Å². The highest BCUT2D eigenvalue weighted by Gasteiger charge is 2.03. The number of aromatic nitrogens is 1. The zero-order chi connectivity index (χ0) is 21.2. The second kappa shape index (κ2) is 10.8. The molecule has 0 saturated heterocycles. The van der Waals surface area contributed by atoms with E-state index >= 15 is 0 Å². The number of anilines is 3. The van der Waals surface area contributed by atoms with Crippen molar-refractivity contribution >= 4 is 29.2 Å². The molecule has 0 radical (unpaired) electrons. The van der Waals surface area contributed by atoms with Gasteiger partial charge in [0.25, 0.3) is 0 Å². The van der Waals surface area contributed by atoms with Crippen LogP contribution in [0.25, 0.3) is 12.2 Å². The molecule has 0 aliphatic carbocycles. The van der Waals surface area contributed by atoms with E-state index < -0.39 is 0 Å². The Kier molecular flexibility index (Phi) is 7.60. The number of aliphatic hydroxyl groups excluding tert-OH is 1. The first-order valence-electron chi connectivity index (χ1n) is 9.81. The largest absolute Gasteiger partial charge is 0.401 e. The number of allylic oxidation sites excluding steroid dienone is 1. The van der Waals surface area contributed by atoms with Crippen molar-refractivity contribution in [2.45, 2.75) is 12.8 Å². The third-order valence-corrected chi connectivity index (χ3v) is 4.38. The summed E-state index contributed by atoms with van der Waals surface area (Å²) in [5.74, 6) is 6.12. The van der Waals surface area contributed by atoms with Gasteiger partial charge < -0.3 is 16.2 Å². The van der Waals surface area contributed by atoms with Gasteiger partial charge in [0.1, 0.15) is 0 Å². The fourth-order valence-electron chi connectivity index (χ4n) is 2.89. The zero-order valence-electron chi connectivity index (χ0n) is 16.8. The standard InChI is InChI=1S/C24H27N5O/c25-20(7-5-15-30)18-29(26)24-11-4-10-23(17-24)28-22-9-3-6-19(16-22)12-13-21-8-1-2-14-27-21/h1-4,6,8-14,16-18,28,30H,5,7,15,25-26H2/b13-12+,20-18-. The molecule has 0 atom stereocenters. The zero-order valence-corrected chi connectivity index (χ0v) is 16.8. The fourth-order valence-corrected chi connectivity index (χ4v) is 2.89. The van der Waals surface area contributed by atoms with E-state index in [1.807, 2.05) is 72.8 Å². The van der Waals surface area contributed by atoms with Gasteiger partial charge in [-0.05, 0) is 66.9 Å². The van der Waals surface area contributed by atoms with E-state index in [0.717, 1.165) is 28.3 Å². The number of hydrogen-bond acceptors (Lipinski definition) is 6. The summed E-state index contributed by atoms with van der Waals surface area (Å²) >= 11 is 0. The Balaban J connectivity index is 1.69. The number of hydrogen-bond donors (Lipinski definition) is 4. The highest BCUT2D eigenvalue weighted by molar-refractivity contribution is 5.72. The first-order valence-corrected chi connectivity index (χ1v) is 9.81. The first-order chi connectivity index (χ1) is 14.6. The molecule has 6 N–H and O–H groups in total. The molecule has 3 rings (SSSR count). The predicted molar refractivity (Wildman–Crippen MR) is 125 cm³/mol. The summed E-state index contributed by atoms with van der Waals surface area (Å²) in [6.07, 6.45) is 8.69. The Hall–Kier alpha value is -3.61. The molecule has 0 fully saturated rings. The number of aliphatic hydroxyl groups is 1. The minimum atomic E-state index is 0.106. The average Bonchev–Trinajstić information content (AvgIpc) is 2.77. The van der Waals surface area contributed by atoms with Crippen LogP contribution >= 0.6 is 0 Å². The molecule has 0 amide bonds. The fraction of sp³-hybridized carbons (Fsp3) is 0.125. The van der Waals surface area contributed by atoms with E-state index in [-0.39, 0.29) is 6.61 Å². The van der Waals surface area contributed by atoms with Crippen LogP contribution in [0.3, 0.4) is 0 Å². The van der Waals surface area contributed by atoms with E-state index in [4.69, 9.17) is 16.7 Å². The van der Waals surface area contributed by atoms with Crippen molar-refractivity contribution in [3.63, 3.8) is 0 Å². The second-order valence-corrected chi connectivity index (χ2v) is 6.83. The van der Waals surface area contributed by atoms with E-state index in [1.165, 1.54) is 5.01 Å². The van der Waals surface area contributed by atoms with Gasteiger partial charge in [-0.25, -0.2) is 5.84 Å². The molecule has 3 aromatic rings. The SMILES string of the molecule is N/C(=C\N(N)c1cccc(Nc2cccc(/C=C/c3ccccn3)c2)c1)CCCO. The topological polar surface area (TPSA) is 100 Å². The van der Waals surface area contributed by atoms with Crippen molar-refractivity contribution in [2.24, 2.45) is 11.6 Å². The van der Waals surface area contributed by atoms with E-state index in [2.05, 4.69) is 16.4 Å². The number of nitrogens with two attached hydrogens (primary N) is 2. The lowest BCUT2D eigenvalue weighted by atomic mass is 10.1. The van der Waals surface area contributed by atoms with E-state index in [9.17, 15) is 0 Å². The second-order valence-electron chi connectivity index (χ2n) is 6.83. The Labute approximate surface area is 177 Å². The van der Waals surface area contributed by atoms with Crippen molar-refractivity contribution in [1.82, 2.24) is 4.98 Å². The highest BCUT2D eigenvalue weighted by Crippen LogP contribution is 2.23. The number of nitrogens with one attached hydrogen (secondary N) is 1. The van der Waals surface area contributed by atoms with Gasteiger partial charge >= 0.3 is 0 Å². The molecule has 1 heterocycles. The number of nitrogens with zero attached hydrogens (tertiary/aromatic N) is 2. The van der Waals surface area contributed by atoms with E-state index in [1.54, 1.807) is 12.4 Å². The molecule has 6 heteroatoms. The number of hydrazine groups is 1. The minimum absolute atomic E-state index is 0.106. The molecule has 30 heavy (non-hydrogen) atoms. The van der Waals surface area contributed by atoms with Crippen molar-refractivity contribution in [3.05, 3.63) is 96.1 Å². The molecule has 0 aliphatic rings. The van der Waals surface area contributed by atoms with Crippen molar-refractivity contribution in [3.8, 4) is 0 Å². The first kappa shape index (κ1) is 21.1. The summed E-state index contributed by atoms with van der Waals surface area (Å²) in [4.78, 5) is 4.30. The van der Waals surface area contributed by atoms with Crippen LogP contribution in [0.2, 0.25) is 0 Å². The minimum Gasteiger partial charge on any atom is -0.401 e. The molecule has 0 bridgehead atoms. The van der Waals surface area contributed by atoms with Crippen molar-refractivity contribution in [1.29, 1.82) is 0 Å². The lowest BCUT2D eigenvalue weighted by Gasteiger charge is -2.17. The van der Waals surface area contributed by atoms with Crippen LogP contribution < -0.4 is 21.9 Å². The Morgan fingerprint density at radius 3 is 2.57 bits per heavy atom. The van der Waals surface area contributed by atoms with Crippen LogP contribution in [0.1, 0.15) is 24.1 Å². The third-order valence-electron chi connectivity index (χ3n) is 4.38. The number of benzene rings is 2. The summed E-state index contributed by atoms with van der Waals surface area (Å²) in [6.45, 7) is 0.106. The Morgan fingerprint density at radius 2 is 1.80 bits per heavy atom. The molecule has 6 nitrogen and oxygen atoms in total. The average molecular weight is 402 g/mol. The molecule has 0 unspecified atom stereocenters. The highest BCUT2D eigenvalue weighted by atomic mass is 16.2. The molecule has 0 saturated carbocycles. The molecule has 1 aromatic heterocycles. The van der Waals surface area contributed by atoms with Crippen LogP contribution in [0, 0.1) is 0 Å². The van der Waals surface area contributed by atoms with Gasteiger partial charge in [-0.15, -0.1) is 0 Å². The monoisotopic (exact) mass is 401 g/mol. The molecule has 0 aliphatic heterocycles. The van der Waals surface area contributed by atoms with E-state index in [0.29, 0.717) is 18.5 Å². The lowest BCUT2D eigenvalue weighted by molar-refractivity contribution is 0.288. The van der Waals surface area contributed by atoms with Gasteiger partial charge in [0, 0.05) is 36.1 Å². The van der Waals surface area contributed by atoms with Gasteiger partial charge in [-0.3, -0.25) is 9.99 Å². The molecular weight excluding hydrogens is 374 g/mol. The van der Waals surface area contributed by atoms with Crippen molar-refractivity contribution in [2.75, 3.05) is 16.9 Å². The third kappa shape index (κ3) is 6.48. The van der Waals surface area contributed by atoms with Crippen LogP contribution in [0.15, 0.2) is 84.8 Å². The van der Waals surface area contributed by atoms with Gasteiger partial charge in [-0.2, -0.15) is 0 Å². The predicted octanol–water partition coefficient (Wildman–Crippen LogP) is 4.25. The molecule has 0 spiro atoms. The maximum absolute atomic E-state index is 8.91. The van der Waals surface area contributed by atoms with Crippen LogP contribution in [0.4, 0.5) is 17.1 Å². The molecular formula is C24H27N5O. The Bertz CT molecular complexity index is 1000. The van der Waals surface area contributed by atoms with Gasteiger partial charge in [0.2, 0.25) is 0 Å². The summed E-state index contributed by atoms with van der Waals surface area (Å²) in [6, 6.07) is 21.7. The maximum Gasteiger partial charge on any atom is 0.0629 e. The van der Waals surface area contributed by atoms with Gasteiger partial charge in [0.05, 0.1) is 11.4 Å². The van der Waals surface area contributed by atoms with Gasteiger partial charge in [-0.1, -0.05) is 30.3 Å². The van der Waals surface area contributed by atoms with Crippen LogP contribution in [-0.2, 0) is 0 Å². The van der Waals surface area contributed by atoms with Crippen LogP contribution in [0.5, 0.6) is 0 Å². The molecule has 154 valence electrons. The lowest BCUT2D eigenvalue weighted by Crippen LogP contribution is -2.26. The maximum atomic E-state index is 8.91. The summed E-state index contributed by atoms with van der Waals surface area (Å²) in [5.41, 5.74) is 11.2. The summed E-state index contributed by atoms with van der Waals surface area (Å²) in [7, 11) is 0. The quantitative estimate of drug-likeness (QED) is 0.316. The normalized spacial score (nSPS) is 11.6.